The van der Waals surface area contributed by atoms with Gasteiger partial charge in [0.15, 0.2) is 9.90 Å². The Hall–Kier alpha value is -0.640. The Morgan fingerprint density at radius 3 is 2.80 bits per heavy atom. The van der Waals surface area contributed by atoms with Crippen LogP contribution in [0.1, 0.15) is 30.8 Å². The summed E-state index contributed by atoms with van der Waals surface area (Å²) in [4.78, 5) is 14.7. The summed E-state index contributed by atoms with van der Waals surface area (Å²) in [7, 11) is -3.77. The first-order valence-corrected chi connectivity index (χ1v) is 9.35. The van der Waals surface area contributed by atoms with Crippen LogP contribution in [0.4, 0.5) is 0 Å². The molecule has 1 aliphatic rings. The summed E-state index contributed by atoms with van der Waals surface area (Å²) >= 11 is 2.59. The van der Waals surface area contributed by atoms with E-state index in [0.717, 1.165) is 17.8 Å². The van der Waals surface area contributed by atoms with Gasteiger partial charge in [0, 0.05) is 23.6 Å². The van der Waals surface area contributed by atoms with E-state index >= 15 is 0 Å². The average molecular weight is 336 g/mol. The molecule has 2 rings (SSSR count). The first kappa shape index (κ1) is 15.7. The largest absolute Gasteiger partial charge is 0.476 e. The van der Waals surface area contributed by atoms with Gasteiger partial charge in [-0.25, -0.2) is 18.2 Å². The second-order valence-corrected chi connectivity index (χ2v) is 9.85. The van der Waals surface area contributed by atoms with Gasteiger partial charge in [-0.3, -0.25) is 0 Å². The minimum absolute atomic E-state index is 0.0353. The first-order valence-electron chi connectivity index (χ1n) is 6.05. The number of carbonyl (C=O) groups is 1. The molecule has 1 saturated heterocycles. The minimum atomic E-state index is -3.77. The highest BCUT2D eigenvalue weighted by molar-refractivity contribution is 8.00. The van der Waals surface area contributed by atoms with Crippen molar-refractivity contribution >= 4 is 39.1 Å². The highest BCUT2D eigenvalue weighted by Crippen LogP contribution is 2.33. The Labute approximate surface area is 126 Å². The van der Waals surface area contributed by atoms with Crippen LogP contribution >= 0.6 is 23.1 Å². The molecule has 2 heterocycles. The van der Waals surface area contributed by atoms with E-state index in [4.69, 9.17) is 5.11 Å². The van der Waals surface area contributed by atoms with Gasteiger partial charge in [0.2, 0.25) is 0 Å². The van der Waals surface area contributed by atoms with Gasteiger partial charge in [0.1, 0.15) is 0 Å². The maximum Gasteiger partial charge on any atom is 0.356 e. The van der Waals surface area contributed by atoms with Crippen molar-refractivity contribution in [2.75, 3.05) is 18.8 Å². The Kier molecular flexibility index (Phi) is 4.43. The summed E-state index contributed by atoms with van der Waals surface area (Å²) in [5.74, 6) is -0.609. The summed E-state index contributed by atoms with van der Waals surface area (Å²) in [6, 6.07) is 0. The van der Waals surface area contributed by atoms with Gasteiger partial charge in [0.25, 0.3) is 10.0 Å². The molecule has 0 unspecified atom stereocenters. The lowest BCUT2D eigenvalue weighted by molar-refractivity contribution is 0.0687. The molecule has 20 heavy (non-hydrogen) atoms. The van der Waals surface area contributed by atoms with Crippen molar-refractivity contribution in [1.82, 2.24) is 9.29 Å². The summed E-state index contributed by atoms with van der Waals surface area (Å²) < 4.78 is 26.4. The molecule has 1 N–H and O–H groups in total. The summed E-state index contributed by atoms with van der Waals surface area (Å²) in [5.41, 5.74) is 0.874. The maximum atomic E-state index is 12.6. The summed E-state index contributed by atoms with van der Waals surface area (Å²) in [5, 5.41) is 9.01. The fraction of sp³-hybridized carbons (Fsp3) is 0.636. The number of aromatic carboxylic acids is 1. The molecule has 112 valence electrons. The van der Waals surface area contributed by atoms with E-state index < -0.39 is 16.0 Å². The summed E-state index contributed by atoms with van der Waals surface area (Å²) in [6.07, 6.45) is 0.734. The number of rotatable bonds is 3. The number of hydrogen-bond donors (Lipinski definition) is 1. The summed E-state index contributed by atoms with van der Waals surface area (Å²) in [6.45, 7) is 4.97. The first-order chi connectivity index (χ1) is 9.24. The zero-order valence-corrected chi connectivity index (χ0v) is 13.6. The van der Waals surface area contributed by atoms with Gasteiger partial charge in [-0.15, -0.1) is 11.3 Å². The lowest BCUT2D eigenvalue weighted by Gasteiger charge is -2.22. The molecule has 0 amide bonds. The van der Waals surface area contributed by atoms with Crippen LogP contribution in [0.3, 0.4) is 0 Å². The molecule has 1 aromatic rings. The highest BCUT2D eigenvalue weighted by atomic mass is 32.2. The molecule has 0 bridgehead atoms. The van der Waals surface area contributed by atoms with Crippen molar-refractivity contribution in [2.45, 2.75) is 29.2 Å². The van der Waals surface area contributed by atoms with Crippen LogP contribution in [0.25, 0.3) is 0 Å². The molecule has 0 saturated carbocycles. The average Bonchev–Trinajstić information content (AvgIpc) is 2.76. The highest BCUT2D eigenvalue weighted by Gasteiger charge is 2.34. The maximum absolute atomic E-state index is 12.6. The van der Waals surface area contributed by atoms with Crippen LogP contribution in [0.2, 0.25) is 0 Å². The van der Waals surface area contributed by atoms with Crippen LogP contribution in [-0.4, -0.2) is 52.4 Å². The van der Waals surface area contributed by atoms with E-state index in [9.17, 15) is 13.2 Å². The quantitative estimate of drug-likeness (QED) is 0.905. The zero-order valence-electron chi connectivity index (χ0n) is 11.2. The monoisotopic (exact) mass is 336 g/mol. The number of hydrogen-bond acceptors (Lipinski definition) is 6. The van der Waals surface area contributed by atoms with Crippen LogP contribution in [0.5, 0.6) is 0 Å². The normalized spacial score (nSPS) is 20.5. The van der Waals surface area contributed by atoms with Gasteiger partial charge in [0.05, 0.1) is 5.51 Å². The molecule has 6 nitrogen and oxygen atoms in total. The molecule has 0 radical (unpaired) electrons. The van der Waals surface area contributed by atoms with Gasteiger partial charge < -0.3 is 5.11 Å². The van der Waals surface area contributed by atoms with E-state index in [1.807, 2.05) is 0 Å². The molecule has 1 aromatic heterocycles. The Morgan fingerprint density at radius 1 is 1.45 bits per heavy atom. The molecule has 0 aliphatic carbocycles. The molecule has 0 spiro atoms. The zero-order chi connectivity index (χ0) is 15.0. The second-order valence-electron chi connectivity index (χ2n) is 5.06. The lowest BCUT2D eigenvalue weighted by atomic mass is 10.1. The molecular weight excluding hydrogens is 320 g/mol. The van der Waals surface area contributed by atoms with Crippen molar-refractivity contribution < 1.29 is 18.3 Å². The number of nitrogens with zero attached hydrogens (tertiary/aromatic N) is 2. The number of thioether (sulfide) groups is 1. The molecule has 1 aliphatic heterocycles. The molecule has 1 fully saturated rings. The third kappa shape index (κ3) is 3.16. The molecular formula is C11H16N2O4S3. The van der Waals surface area contributed by atoms with Gasteiger partial charge in [-0.05, 0) is 6.42 Å². The van der Waals surface area contributed by atoms with Crippen LogP contribution in [0.15, 0.2) is 9.72 Å². The Morgan fingerprint density at radius 2 is 2.15 bits per heavy atom. The molecule has 9 heteroatoms. The fourth-order valence-electron chi connectivity index (χ4n) is 1.92. The van der Waals surface area contributed by atoms with Crippen molar-refractivity contribution in [3.05, 3.63) is 11.2 Å². The number of thiazole rings is 1. The van der Waals surface area contributed by atoms with E-state index in [2.05, 4.69) is 18.8 Å². The fourth-order valence-corrected chi connectivity index (χ4v) is 5.86. The topological polar surface area (TPSA) is 87.6 Å². The second kappa shape index (κ2) is 5.63. The number of sulfonamides is 1. The smallest absolute Gasteiger partial charge is 0.356 e. The number of aromatic nitrogens is 1. The standard InChI is InChI=1S/C11H16N2O4S3/c1-11(2)3-4-13(5-6-19-11)20(16,17)10-8(9(14)15)12-7-18-10/h7H,3-6H2,1-2H3,(H,14,15). The predicted octanol–water partition coefficient (Wildman–Crippen LogP) is 1.75. The number of carboxylic acids is 1. The minimum Gasteiger partial charge on any atom is -0.476 e. The Balaban J connectivity index is 2.31. The van der Waals surface area contributed by atoms with Crippen LogP contribution < -0.4 is 0 Å². The third-order valence-corrected chi connectivity index (χ3v) is 7.73. The van der Waals surface area contributed by atoms with E-state index in [0.29, 0.717) is 18.8 Å². The SMILES string of the molecule is CC1(C)CCN(S(=O)(=O)c2scnc2C(=O)O)CCS1. The molecule has 0 atom stereocenters. The van der Waals surface area contributed by atoms with Crippen LogP contribution in [0, 0.1) is 0 Å². The van der Waals surface area contributed by atoms with E-state index in [-0.39, 0.29) is 14.7 Å². The van der Waals surface area contributed by atoms with Crippen LogP contribution in [-0.2, 0) is 10.0 Å². The van der Waals surface area contributed by atoms with Crippen molar-refractivity contribution in [1.29, 1.82) is 0 Å². The van der Waals surface area contributed by atoms with Crippen molar-refractivity contribution in [3.63, 3.8) is 0 Å². The van der Waals surface area contributed by atoms with Crippen molar-refractivity contribution in [3.8, 4) is 0 Å². The lowest BCUT2D eigenvalue weighted by Crippen LogP contribution is -2.34. The van der Waals surface area contributed by atoms with E-state index in [1.54, 1.807) is 11.8 Å². The van der Waals surface area contributed by atoms with Gasteiger partial charge >= 0.3 is 5.97 Å². The van der Waals surface area contributed by atoms with Gasteiger partial charge in [-0.1, -0.05) is 13.8 Å². The van der Waals surface area contributed by atoms with Gasteiger partial charge in [-0.2, -0.15) is 16.1 Å². The van der Waals surface area contributed by atoms with E-state index in [1.165, 1.54) is 9.82 Å². The molecule has 0 aromatic carbocycles. The predicted molar refractivity (Wildman–Crippen MR) is 79.0 cm³/mol. The van der Waals surface area contributed by atoms with Crippen molar-refractivity contribution in [2.24, 2.45) is 0 Å². The third-order valence-electron chi connectivity index (χ3n) is 3.11. The number of carboxylic acid groups (broad SMARTS) is 1. The Bertz CT molecular complexity index is 609.